The highest BCUT2D eigenvalue weighted by atomic mass is 79.9. The molecule has 0 saturated carbocycles. The summed E-state index contributed by atoms with van der Waals surface area (Å²) in [7, 11) is 1.41. The number of carbonyl (C=O) groups excluding carboxylic acids is 1. The highest BCUT2D eigenvalue weighted by Gasteiger charge is 2.35. The first-order valence-corrected chi connectivity index (χ1v) is 14.3. The lowest BCUT2D eigenvalue weighted by atomic mass is 10.0. The van der Waals surface area contributed by atoms with Gasteiger partial charge in [-0.25, -0.2) is 9.79 Å². The number of rotatable bonds is 7. The van der Waals surface area contributed by atoms with E-state index in [9.17, 15) is 24.8 Å². The monoisotopic (exact) mass is 673 g/mol. The number of phenols is 1. The number of nitro benzene ring substituents is 1. The molecule has 0 aliphatic carbocycles. The van der Waals surface area contributed by atoms with E-state index in [0.29, 0.717) is 25.1 Å². The molecule has 1 atom stereocenters. The summed E-state index contributed by atoms with van der Waals surface area (Å²) in [5.74, 6) is -0.129. The Bertz CT molecular complexity index is 1980. The molecule has 0 bridgehead atoms. The van der Waals surface area contributed by atoms with E-state index in [1.807, 2.05) is 0 Å². The van der Waals surface area contributed by atoms with Gasteiger partial charge in [-0.1, -0.05) is 22.9 Å². The molecule has 0 amide bonds. The summed E-state index contributed by atoms with van der Waals surface area (Å²) in [5.41, 5.74) is 0.658. The Morgan fingerprint density at radius 3 is 2.76 bits per heavy atom. The molecular weight excluding hydrogens is 654 g/mol. The summed E-state index contributed by atoms with van der Waals surface area (Å²) in [4.78, 5) is 42.7. The number of carbonyl (C=O) groups is 1. The number of nitro groups is 1. The van der Waals surface area contributed by atoms with Crippen LogP contribution in [0.5, 0.6) is 11.5 Å². The fourth-order valence-electron chi connectivity index (χ4n) is 4.50. The number of thiazole rings is 1. The van der Waals surface area contributed by atoms with Crippen molar-refractivity contribution in [3.63, 3.8) is 0 Å². The van der Waals surface area contributed by atoms with Crippen molar-refractivity contribution in [1.82, 2.24) is 4.57 Å². The Morgan fingerprint density at radius 1 is 1.31 bits per heavy atom. The summed E-state index contributed by atoms with van der Waals surface area (Å²) in [5, 5.41) is 21.7. The fraction of sp³-hybridized carbons (Fsp3) is 0.179. The first kappa shape index (κ1) is 29.3. The van der Waals surface area contributed by atoms with E-state index in [4.69, 9.17) is 25.5 Å². The SMILES string of the molecule is CCOC(=O)C1=C(C)N=c2s/c(=C\c3cc(Br)c(O)c(OC)c3)c(=O)n2[C@H]1c1ccc(-c2cc([N+](=O)[O-])ccc2Cl)o1. The molecule has 4 aromatic rings. The van der Waals surface area contributed by atoms with E-state index >= 15 is 0 Å². The zero-order valence-electron chi connectivity index (χ0n) is 22.2. The van der Waals surface area contributed by atoms with Gasteiger partial charge in [0, 0.05) is 17.7 Å². The number of hydrogen-bond donors (Lipinski definition) is 1. The van der Waals surface area contributed by atoms with Crippen molar-refractivity contribution in [1.29, 1.82) is 0 Å². The van der Waals surface area contributed by atoms with Crippen molar-refractivity contribution in [2.45, 2.75) is 19.9 Å². The second kappa shape index (κ2) is 11.6. The third kappa shape index (κ3) is 5.26. The van der Waals surface area contributed by atoms with Gasteiger partial charge in [-0.3, -0.25) is 19.5 Å². The quantitative estimate of drug-likeness (QED) is 0.162. The van der Waals surface area contributed by atoms with E-state index in [-0.39, 0.29) is 51.5 Å². The molecule has 11 nitrogen and oxygen atoms in total. The Labute approximate surface area is 254 Å². The van der Waals surface area contributed by atoms with Gasteiger partial charge in [-0.2, -0.15) is 0 Å². The van der Waals surface area contributed by atoms with E-state index in [2.05, 4.69) is 20.9 Å². The minimum atomic E-state index is -1.05. The number of methoxy groups -OCH3 is 1. The van der Waals surface area contributed by atoms with Crippen LogP contribution in [0.15, 0.2) is 72.4 Å². The number of allylic oxidation sites excluding steroid dienone is 1. The Morgan fingerprint density at radius 2 is 2.07 bits per heavy atom. The standard InChI is InChI=1S/C28H21BrClN3O8S/c1-4-40-27(36)23-13(2)31-28-32(26(35)22(42-28)11-14-9-17(29)25(34)21(10-14)39-3)24(23)20-8-7-19(41-20)16-12-15(33(37)38)5-6-18(16)30/h5-12,24,34H,4H2,1-3H3/b22-11-/t24-/m0/s1. The molecule has 0 unspecified atom stereocenters. The molecule has 0 spiro atoms. The van der Waals surface area contributed by atoms with Crippen LogP contribution < -0.4 is 19.6 Å². The second-order valence-electron chi connectivity index (χ2n) is 8.98. The molecule has 3 heterocycles. The first-order chi connectivity index (χ1) is 20.0. The topological polar surface area (TPSA) is 146 Å². The van der Waals surface area contributed by atoms with Crippen molar-refractivity contribution in [2.75, 3.05) is 13.7 Å². The van der Waals surface area contributed by atoms with Crippen LogP contribution in [0, 0.1) is 10.1 Å². The van der Waals surface area contributed by atoms with Gasteiger partial charge < -0.3 is 19.0 Å². The number of hydrogen-bond acceptors (Lipinski definition) is 10. The number of aromatic hydroxyl groups is 1. The minimum Gasteiger partial charge on any atom is -0.503 e. The highest BCUT2D eigenvalue weighted by Crippen LogP contribution is 2.38. The molecular formula is C28H21BrClN3O8S. The number of nitrogens with zero attached hydrogens (tertiary/aromatic N) is 3. The van der Waals surface area contributed by atoms with E-state index in [0.717, 1.165) is 11.3 Å². The van der Waals surface area contributed by atoms with Crippen molar-refractivity contribution in [2.24, 2.45) is 4.99 Å². The van der Waals surface area contributed by atoms with Crippen molar-refractivity contribution >= 4 is 56.6 Å². The highest BCUT2D eigenvalue weighted by molar-refractivity contribution is 9.10. The maximum atomic E-state index is 13.9. The zero-order valence-corrected chi connectivity index (χ0v) is 25.4. The van der Waals surface area contributed by atoms with Crippen LogP contribution in [0.2, 0.25) is 5.02 Å². The van der Waals surface area contributed by atoms with Crippen LogP contribution in [0.25, 0.3) is 17.4 Å². The molecule has 1 N–H and O–H groups in total. The van der Waals surface area contributed by atoms with Gasteiger partial charge in [0.15, 0.2) is 16.3 Å². The maximum Gasteiger partial charge on any atom is 0.338 e. The molecule has 42 heavy (non-hydrogen) atoms. The Balaban J connectivity index is 1.70. The van der Waals surface area contributed by atoms with Crippen molar-refractivity contribution in [3.8, 4) is 22.8 Å². The number of benzene rings is 2. The summed E-state index contributed by atoms with van der Waals surface area (Å²) in [6.07, 6.45) is 1.62. The van der Waals surface area contributed by atoms with Crippen LogP contribution in [0.4, 0.5) is 5.69 Å². The smallest absolute Gasteiger partial charge is 0.338 e. The van der Waals surface area contributed by atoms with Crippen molar-refractivity contribution < 1.29 is 28.7 Å². The third-order valence-corrected chi connectivity index (χ3v) is 8.32. The van der Waals surface area contributed by atoms with Gasteiger partial charge in [0.25, 0.3) is 11.2 Å². The van der Waals surface area contributed by atoms with Gasteiger partial charge >= 0.3 is 5.97 Å². The second-order valence-corrected chi connectivity index (χ2v) is 11.2. The molecule has 1 aliphatic heterocycles. The minimum absolute atomic E-state index is 0.0803. The van der Waals surface area contributed by atoms with Crippen LogP contribution in [0.3, 0.4) is 0 Å². The molecule has 5 rings (SSSR count). The number of halogens is 2. The van der Waals surface area contributed by atoms with Crippen LogP contribution in [-0.2, 0) is 9.53 Å². The summed E-state index contributed by atoms with van der Waals surface area (Å²) < 4.78 is 18.7. The van der Waals surface area contributed by atoms with Gasteiger partial charge in [-0.15, -0.1) is 0 Å². The first-order valence-electron chi connectivity index (χ1n) is 12.3. The lowest BCUT2D eigenvalue weighted by Gasteiger charge is -2.22. The Hall–Kier alpha value is -4.20. The third-order valence-electron chi connectivity index (χ3n) is 6.41. The number of phenolic OH excluding ortho intramolecular Hbond substituents is 1. The van der Waals surface area contributed by atoms with E-state index < -0.39 is 22.5 Å². The van der Waals surface area contributed by atoms with Gasteiger partial charge in [-0.05, 0) is 71.7 Å². The summed E-state index contributed by atoms with van der Waals surface area (Å²) >= 11 is 10.7. The maximum absolute atomic E-state index is 13.9. The molecule has 216 valence electrons. The predicted molar refractivity (Wildman–Crippen MR) is 159 cm³/mol. The molecule has 1 aliphatic rings. The van der Waals surface area contributed by atoms with Gasteiger partial charge in [0.2, 0.25) is 0 Å². The molecule has 0 fully saturated rings. The van der Waals surface area contributed by atoms with Crippen LogP contribution >= 0.6 is 38.9 Å². The molecule has 2 aromatic heterocycles. The van der Waals surface area contributed by atoms with Gasteiger partial charge in [0.05, 0.1) is 43.9 Å². The van der Waals surface area contributed by atoms with Crippen LogP contribution in [0.1, 0.15) is 31.2 Å². The number of ether oxygens (including phenoxy) is 2. The normalized spacial score (nSPS) is 14.9. The largest absolute Gasteiger partial charge is 0.503 e. The molecule has 0 radical (unpaired) electrons. The van der Waals surface area contributed by atoms with Crippen molar-refractivity contribution in [3.05, 3.63) is 104 Å². The summed E-state index contributed by atoms with van der Waals surface area (Å²) in [6, 6.07) is 9.26. The number of furan rings is 1. The average molecular weight is 675 g/mol. The lowest BCUT2D eigenvalue weighted by Crippen LogP contribution is -2.39. The number of non-ortho nitro benzene ring substituents is 1. The zero-order chi connectivity index (χ0) is 30.3. The molecule has 2 aromatic carbocycles. The summed E-state index contributed by atoms with van der Waals surface area (Å²) in [6.45, 7) is 3.40. The molecule has 14 heteroatoms. The number of esters is 1. The van der Waals surface area contributed by atoms with E-state index in [1.54, 1.807) is 44.2 Å². The average Bonchev–Trinajstić information content (AvgIpc) is 3.55. The Kier molecular flexibility index (Phi) is 8.08. The fourth-order valence-corrected chi connectivity index (χ4v) is 6.22. The molecule has 0 saturated heterocycles. The lowest BCUT2D eigenvalue weighted by molar-refractivity contribution is -0.384. The number of fused-ring (bicyclic) bond motifs is 1. The van der Waals surface area contributed by atoms with E-state index in [1.165, 1.54) is 29.9 Å². The van der Waals surface area contributed by atoms with Crippen LogP contribution in [-0.4, -0.2) is 34.3 Å². The number of aromatic nitrogens is 1. The van der Waals surface area contributed by atoms with Gasteiger partial charge in [0.1, 0.15) is 17.6 Å². The predicted octanol–water partition coefficient (Wildman–Crippen LogP) is 5.10.